The molecule has 0 radical (unpaired) electrons. The van der Waals surface area contributed by atoms with Crippen LogP contribution in [-0.2, 0) is 23.9 Å². The van der Waals surface area contributed by atoms with Gasteiger partial charge in [0.2, 0.25) is 5.91 Å². The molecule has 0 spiro atoms. The molecule has 11 heteroatoms. The van der Waals surface area contributed by atoms with Gasteiger partial charge in [0.25, 0.3) is 0 Å². The number of carboxylic acids is 2. The largest absolute Gasteiger partial charge is 0.473 e. The van der Waals surface area contributed by atoms with Crippen LogP contribution in [0, 0.1) is 0 Å². The summed E-state index contributed by atoms with van der Waals surface area (Å²) in [5.41, 5.74) is 1.94. The zero-order chi connectivity index (χ0) is 23.2. The van der Waals surface area contributed by atoms with Crippen molar-refractivity contribution in [3.8, 4) is 0 Å². The van der Waals surface area contributed by atoms with Gasteiger partial charge in [-0.25, -0.2) is 9.59 Å². The van der Waals surface area contributed by atoms with E-state index in [1.165, 1.54) is 0 Å². The Morgan fingerprint density at radius 1 is 0.906 bits per heavy atom. The summed E-state index contributed by atoms with van der Waals surface area (Å²) in [6.07, 6.45) is 1.04. The number of amides is 1. The molecule has 0 bridgehead atoms. The summed E-state index contributed by atoms with van der Waals surface area (Å²) in [6, 6.07) is 7.97. The second kappa shape index (κ2) is 14.4. The Kier molecular flexibility index (Phi) is 11.5. The van der Waals surface area contributed by atoms with Gasteiger partial charge < -0.3 is 35.2 Å². The Balaban J connectivity index is 0.000000534. The van der Waals surface area contributed by atoms with E-state index in [1.54, 1.807) is 0 Å². The number of benzene rings is 1. The van der Waals surface area contributed by atoms with Crippen molar-refractivity contribution in [2.24, 2.45) is 0 Å². The number of carbonyl (C=O) groups excluding carboxylic acids is 1. The van der Waals surface area contributed by atoms with E-state index in [0.29, 0.717) is 6.54 Å². The third kappa shape index (κ3) is 9.60. The molecule has 0 saturated carbocycles. The minimum atomic E-state index is -1.82. The number of aliphatic carboxylic acids is 2. The van der Waals surface area contributed by atoms with Crippen LogP contribution in [0.4, 0.5) is 11.4 Å². The lowest BCUT2D eigenvalue weighted by Gasteiger charge is -2.30. The van der Waals surface area contributed by atoms with E-state index in [1.807, 2.05) is 18.2 Å². The molecule has 1 aromatic rings. The molecule has 32 heavy (non-hydrogen) atoms. The van der Waals surface area contributed by atoms with Gasteiger partial charge in [-0.15, -0.1) is 0 Å². The number of anilines is 2. The van der Waals surface area contributed by atoms with Crippen molar-refractivity contribution in [1.82, 2.24) is 10.2 Å². The average molecular weight is 453 g/mol. The Hall–Kier alpha value is -2.73. The monoisotopic (exact) mass is 452 g/mol. The van der Waals surface area contributed by atoms with Gasteiger partial charge in [-0.2, -0.15) is 0 Å². The van der Waals surface area contributed by atoms with Crippen LogP contribution < -0.4 is 15.5 Å². The molecule has 178 valence electrons. The summed E-state index contributed by atoms with van der Waals surface area (Å²) >= 11 is 0. The van der Waals surface area contributed by atoms with E-state index in [-0.39, 0.29) is 5.91 Å². The van der Waals surface area contributed by atoms with Gasteiger partial charge in [-0.05, 0) is 31.6 Å². The van der Waals surface area contributed by atoms with Gasteiger partial charge in [-0.1, -0.05) is 12.1 Å². The van der Waals surface area contributed by atoms with E-state index in [2.05, 4.69) is 26.5 Å². The maximum Gasteiger partial charge on any atom is 0.414 e. The molecule has 2 aliphatic heterocycles. The van der Waals surface area contributed by atoms with Crippen LogP contribution in [0.5, 0.6) is 0 Å². The van der Waals surface area contributed by atoms with Crippen molar-refractivity contribution in [2.45, 2.75) is 6.42 Å². The van der Waals surface area contributed by atoms with Crippen molar-refractivity contribution in [1.29, 1.82) is 0 Å². The molecule has 1 amide bonds. The van der Waals surface area contributed by atoms with Crippen LogP contribution in [0.3, 0.4) is 0 Å². The zero-order valence-corrected chi connectivity index (χ0v) is 18.1. The average Bonchev–Trinajstić information content (AvgIpc) is 2.81. The molecular formula is C21H32N4O7. The van der Waals surface area contributed by atoms with Crippen molar-refractivity contribution in [3.63, 3.8) is 0 Å². The number of nitrogens with zero attached hydrogens (tertiary/aromatic N) is 2. The fourth-order valence-corrected chi connectivity index (χ4v) is 3.31. The number of ether oxygens (including phenoxy) is 2. The molecule has 2 fully saturated rings. The van der Waals surface area contributed by atoms with E-state index < -0.39 is 11.9 Å². The molecule has 0 unspecified atom stereocenters. The fraction of sp³-hybridized carbons (Fsp3) is 0.571. The SMILES string of the molecule is O=C(CNCCCN1CCOCC1)Nc1ccccc1N1CCOCC1.O=C(O)C(=O)O. The third-order valence-corrected chi connectivity index (χ3v) is 4.93. The highest BCUT2D eigenvalue weighted by Gasteiger charge is 2.15. The first-order chi connectivity index (χ1) is 15.5. The molecule has 0 aromatic heterocycles. The van der Waals surface area contributed by atoms with Gasteiger partial charge in [0, 0.05) is 26.2 Å². The number of carbonyl (C=O) groups is 3. The van der Waals surface area contributed by atoms with E-state index in [0.717, 1.165) is 83.5 Å². The van der Waals surface area contributed by atoms with Gasteiger partial charge in [-0.3, -0.25) is 9.69 Å². The van der Waals surface area contributed by atoms with E-state index in [9.17, 15) is 4.79 Å². The van der Waals surface area contributed by atoms with Gasteiger partial charge in [0.1, 0.15) is 0 Å². The summed E-state index contributed by atoms with van der Waals surface area (Å²) in [6.45, 7) is 9.09. The normalized spacial score (nSPS) is 16.6. The number of carboxylic acid groups (broad SMARTS) is 2. The van der Waals surface area contributed by atoms with Gasteiger partial charge in [0.15, 0.2) is 0 Å². The maximum absolute atomic E-state index is 12.3. The number of hydrogen-bond donors (Lipinski definition) is 4. The van der Waals surface area contributed by atoms with Gasteiger partial charge in [0.05, 0.1) is 44.3 Å². The summed E-state index contributed by atoms with van der Waals surface area (Å²) < 4.78 is 10.8. The Morgan fingerprint density at radius 2 is 1.50 bits per heavy atom. The Labute approximate surface area is 187 Å². The molecule has 2 saturated heterocycles. The van der Waals surface area contributed by atoms with Crippen LogP contribution in [0.15, 0.2) is 24.3 Å². The number of morpholine rings is 2. The van der Waals surface area contributed by atoms with E-state index in [4.69, 9.17) is 29.3 Å². The zero-order valence-electron chi connectivity index (χ0n) is 18.1. The first kappa shape index (κ1) is 25.5. The third-order valence-electron chi connectivity index (χ3n) is 4.93. The Bertz CT molecular complexity index is 723. The van der Waals surface area contributed by atoms with Crippen molar-refractivity contribution in [2.75, 3.05) is 82.5 Å². The van der Waals surface area contributed by atoms with Crippen molar-refractivity contribution in [3.05, 3.63) is 24.3 Å². The molecule has 0 atom stereocenters. The number of rotatable bonds is 8. The summed E-state index contributed by atoms with van der Waals surface area (Å²) in [7, 11) is 0. The lowest BCUT2D eigenvalue weighted by Crippen LogP contribution is -2.38. The molecule has 2 aliphatic rings. The van der Waals surface area contributed by atoms with Crippen molar-refractivity contribution < 1.29 is 34.1 Å². The first-order valence-electron chi connectivity index (χ1n) is 10.7. The standard InChI is InChI=1S/C19H30N4O3.C2H2O4/c24-19(16-20-6-3-7-22-8-12-25-13-9-22)21-17-4-1-2-5-18(17)23-10-14-26-15-11-23;3-1(4)2(5)6/h1-2,4-5,20H,3,6-16H2,(H,21,24);(H,3,4)(H,5,6). The van der Waals surface area contributed by atoms with Crippen LogP contribution in [0.1, 0.15) is 6.42 Å². The lowest BCUT2D eigenvalue weighted by molar-refractivity contribution is -0.159. The number of nitrogens with one attached hydrogen (secondary N) is 2. The van der Waals surface area contributed by atoms with Gasteiger partial charge >= 0.3 is 11.9 Å². The number of para-hydroxylation sites is 2. The molecule has 4 N–H and O–H groups in total. The second-order valence-electron chi connectivity index (χ2n) is 7.26. The molecular weight excluding hydrogens is 420 g/mol. The topological polar surface area (TPSA) is 141 Å². The molecule has 3 rings (SSSR count). The van der Waals surface area contributed by atoms with Crippen LogP contribution in [0.25, 0.3) is 0 Å². The van der Waals surface area contributed by atoms with Crippen molar-refractivity contribution >= 4 is 29.2 Å². The lowest BCUT2D eigenvalue weighted by atomic mass is 10.2. The smallest absolute Gasteiger partial charge is 0.414 e. The first-order valence-corrected chi connectivity index (χ1v) is 10.7. The molecule has 1 aromatic carbocycles. The molecule has 0 aliphatic carbocycles. The predicted molar refractivity (Wildman–Crippen MR) is 118 cm³/mol. The minimum Gasteiger partial charge on any atom is -0.473 e. The summed E-state index contributed by atoms with van der Waals surface area (Å²) in [5.74, 6) is -3.65. The summed E-state index contributed by atoms with van der Waals surface area (Å²) in [5, 5.41) is 21.1. The molecule has 11 nitrogen and oxygen atoms in total. The Morgan fingerprint density at radius 3 is 2.12 bits per heavy atom. The molecule has 2 heterocycles. The quantitative estimate of drug-likeness (QED) is 0.313. The predicted octanol–water partition coefficient (Wildman–Crippen LogP) is -0.0708. The van der Waals surface area contributed by atoms with Crippen LogP contribution in [0.2, 0.25) is 0 Å². The highest BCUT2D eigenvalue weighted by Crippen LogP contribution is 2.26. The van der Waals surface area contributed by atoms with E-state index >= 15 is 0 Å². The minimum absolute atomic E-state index is 0.00270. The highest BCUT2D eigenvalue weighted by atomic mass is 16.5. The van der Waals surface area contributed by atoms with Crippen LogP contribution in [-0.4, -0.2) is 105 Å². The highest BCUT2D eigenvalue weighted by molar-refractivity contribution is 6.27. The van der Waals surface area contributed by atoms with Crippen LogP contribution >= 0.6 is 0 Å². The summed E-state index contributed by atoms with van der Waals surface area (Å²) in [4.78, 5) is 35.1. The fourth-order valence-electron chi connectivity index (χ4n) is 3.31. The maximum atomic E-state index is 12.3. The number of hydrogen-bond acceptors (Lipinski definition) is 8. The second-order valence-corrected chi connectivity index (χ2v) is 7.26.